The summed E-state index contributed by atoms with van der Waals surface area (Å²) in [5.41, 5.74) is 0. The highest BCUT2D eigenvalue weighted by molar-refractivity contribution is 14.0. The number of rotatable bonds is 6. The fourth-order valence-electron chi connectivity index (χ4n) is 3.65. The molecule has 0 bridgehead atoms. The van der Waals surface area contributed by atoms with Gasteiger partial charge in [0.25, 0.3) is 0 Å². The van der Waals surface area contributed by atoms with E-state index in [1.807, 2.05) is 30.1 Å². The number of thioether (sulfide) groups is 1. The van der Waals surface area contributed by atoms with Crippen molar-refractivity contribution in [1.29, 1.82) is 0 Å². The summed E-state index contributed by atoms with van der Waals surface area (Å²) in [4.78, 5) is 8.38. The number of nitrogens with one attached hydrogen (secondary N) is 2. The van der Waals surface area contributed by atoms with Gasteiger partial charge in [0.2, 0.25) is 0 Å². The second kappa shape index (κ2) is 11.7. The highest BCUT2D eigenvalue weighted by Crippen LogP contribution is 2.28. The van der Waals surface area contributed by atoms with Crippen molar-refractivity contribution in [1.82, 2.24) is 15.5 Å². The van der Waals surface area contributed by atoms with Gasteiger partial charge in [0.05, 0.1) is 19.3 Å². The van der Waals surface area contributed by atoms with Gasteiger partial charge in [-0.1, -0.05) is 6.07 Å². The molecular formula is C18H31IN4OS2. The number of thiophene rings is 1. The van der Waals surface area contributed by atoms with Crippen LogP contribution < -0.4 is 10.6 Å². The minimum Gasteiger partial charge on any atom is -0.379 e. The van der Waals surface area contributed by atoms with Gasteiger partial charge in [-0.05, 0) is 37.0 Å². The van der Waals surface area contributed by atoms with Crippen LogP contribution >= 0.6 is 47.1 Å². The van der Waals surface area contributed by atoms with E-state index in [0.717, 1.165) is 44.1 Å². The molecule has 2 N–H and O–H groups in total. The summed E-state index contributed by atoms with van der Waals surface area (Å²) in [6.45, 7) is 4.52. The molecule has 0 amide bonds. The molecule has 1 aromatic heterocycles. The average Bonchev–Trinajstić information content (AvgIpc) is 3.33. The van der Waals surface area contributed by atoms with Crippen molar-refractivity contribution in [3.8, 4) is 0 Å². The third kappa shape index (κ3) is 6.25. The standard InChI is InChI=1S/C18H30N4OS2.HI/c1-19-18(21-14-5-6-15(12-14)24-2)20-13-16(17-4-3-11-25-17)22-7-9-23-10-8-22;/h3-4,11,14-16H,5-10,12-13H2,1-2H3,(H2,19,20,21);1H. The van der Waals surface area contributed by atoms with Crippen molar-refractivity contribution in [3.63, 3.8) is 0 Å². The van der Waals surface area contributed by atoms with E-state index >= 15 is 0 Å². The second-order valence-electron chi connectivity index (χ2n) is 6.64. The van der Waals surface area contributed by atoms with Gasteiger partial charge in [-0.25, -0.2) is 0 Å². The number of ether oxygens (including phenoxy) is 1. The Morgan fingerprint density at radius 3 is 2.85 bits per heavy atom. The lowest BCUT2D eigenvalue weighted by Gasteiger charge is -2.34. The smallest absolute Gasteiger partial charge is 0.191 e. The molecular weight excluding hydrogens is 479 g/mol. The van der Waals surface area contributed by atoms with E-state index < -0.39 is 0 Å². The van der Waals surface area contributed by atoms with Crippen LogP contribution in [0.1, 0.15) is 30.2 Å². The molecule has 3 atom stereocenters. The first-order valence-electron chi connectivity index (χ1n) is 9.15. The van der Waals surface area contributed by atoms with Crippen molar-refractivity contribution in [2.24, 2.45) is 4.99 Å². The van der Waals surface area contributed by atoms with Crippen LogP contribution in [0.4, 0.5) is 0 Å². The highest BCUT2D eigenvalue weighted by atomic mass is 127. The number of hydrogen-bond acceptors (Lipinski definition) is 5. The van der Waals surface area contributed by atoms with Gasteiger partial charge in [0, 0.05) is 42.9 Å². The summed E-state index contributed by atoms with van der Waals surface area (Å²) in [7, 11) is 1.87. The van der Waals surface area contributed by atoms with Crippen molar-refractivity contribution in [3.05, 3.63) is 22.4 Å². The normalized spacial score (nSPS) is 25.5. The molecule has 8 heteroatoms. The molecule has 0 aromatic carbocycles. The van der Waals surface area contributed by atoms with Crippen molar-refractivity contribution < 1.29 is 4.74 Å². The first-order valence-corrected chi connectivity index (χ1v) is 11.3. The lowest BCUT2D eigenvalue weighted by Crippen LogP contribution is -2.47. The first-order chi connectivity index (χ1) is 12.3. The predicted molar refractivity (Wildman–Crippen MR) is 124 cm³/mol. The Hall–Kier alpha value is -0.0300. The maximum Gasteiger partial charge on any atom is 0.191 e. The van der Waals surface area contributed by atoms with Gasteiger partial charge in [-0.15, -0.1) is 35.3 Å². The zero-order chi connectivity index (χ0) is 17.5. The highest BCUT2D eigenvalue weighted by Gasteiger charge is 2.26. The van der Waals surface area contributed by atoms with Gasteiger partial charge in [0.15, 0.2) is 5.96 Å². The van der Waals surface area contributed by atoms with Crippen molar-refractivity contribution in [2.75, 3.05) is 46.2 Å². The maximum absolute atomic E-state index is 5.53. The Morgan fingerprint density at radius 2 is 2.23 bits per heavy atom. The summed E-state index contributed by atoms with van der Waals surface area (Å²) in [6.07, 6.45) is 6.00. The van der Waals surface area contributed by atoms with E-state index in [-0.39, 0.29) is 24.0 Å². The van der Waals surface area contributed by atoms with Crippen molar-refractivity contribution >= 4 is 53.0 Å². The Bertz CT molecular complexity index is 537. The number of halogens is 1. The zero-order valence-electron chi connectivity index (χ0n) is 15.6. The van der Waals surface area contributed by atoms with Gasteiger partial charge >= 0.3 is 0 Å². The summed E-state index contributed by atoms with van der Waals surface area (Å²) in [5.74, 6) is 0.932. The molecule has 1 saturated carbocycles. The van der Waals surface area contributed by atoms with Crippen LogP contribution in [0.15, 0.2) is 22.5 Å². The molecule has 5 nitrogen and oxygen atoms in total. The van der Waals surface area contributed by atoms with Crippen LogP contribution in [0.3, 0.4) is 0 Å². The lowest BCUT2D eigenvalue weighted by atomic mass is 10.2. The zero-order valence-corrected chi connectivity index (χ0v) is 19.6. The van der Waals surface area contributed by atoms with Crippen molar-refractivity contribution in [2.45, 2.75) is 36.6 Å². The van der Waals surface area contributed by atoms with E-state index in [9.17, 15) is 0 Å². The van der Waals surface area contributed by atoms with Gasteiger partial charge in [0.1, 0.15) is 0 Å². The molecule has 0 spiro atoms. The lowest BCUT2D eigenvalue weighted by molar-refractivity contribution is 0.0177. The largest absolute Gasteiger partial charge is 0.379 e. The summed E-state index contributed by atoms with van der Waals surface area (Å²) >= 11 is 3.82. The first kappa shape index (κ1) is 22.3. The minimum absolute atomic E-state index is 0. The third-order valence-electron chi connectivity index (χ3n) is 5.10. The van der Waals surface area contributed by atoms with E-state index in [0.29, 0.717) is 12.1 Å². The number of nitrogens with zero attached hydrogens (tertiary/aromatic N) is 2. The fraction of sp³-hybridized carbons (Fsp3) is 0.722. The van der Waals surface area contributed by atoms with E-state index in [1.165, 1.54) is 24.1 Å². The van der Waals surface area contributed by atoms with Crippen LogP contribution in [-0.4, -0.2) is 68.3 Å². The number of morpholine rings is 1. The summed E-state index contributed by atoms with van der Waals surface area (Å²) in [5, 5.41) is 10.1. The Morgan fingerprint density at radius 1 is 1.42 bits per heavy atom. The molecule has 0 radical (unpaired) electrons. The SMILES string of the molecule is CN=C(NCC(c1cccs1)N1CCOCC1)NC1CCC(SC)C1.I. The molecule has 2 aliphatic rings. The molecule has 26 heavy (non-hydrogen) atoms. The van der Waals surface area contributed by atoms with Crippen LogP contribution in [0.5, 0.6) is 0 Å². The quantitative estimate of drug-likeness (QED) is 0.350. The minimum atomic E-state index is 0. The number of guanidine groups is 1. The topological polar surface area (TPSA) is 48.9 Å². The molecule has 1 aromatic rings. The molecule has 148 valence electrons. The van der Waals surface area contributed by atoms with Crippen LogP contribution in [-0.2, 0) is 4.74 Å². The molecule has 3 rings (SSSR count). The van der Waals surface area contributed by atoms with E-state index in [4.69, 9.17) is 4.74 Å². The number of hydrogen-bond donors (Lipinski definition) is 2. The molecule has 2 heterocycles. The summed E-state index contributed by atoms with van der Waals surface area (Å²) in [6, 6.07) is 5.31. The molecule has 2 fully saturated rings. The fourth-order valence-corrected chi connectivity index (χ4v) is 5.30. The third-order valence-corrected chi connectivity index (χ3v) is 7.17. The molecule has 1 saturated heterocycles. The van der Waals surface area contributed by atoms with E-state index in [2.05, 4.69) is 44.3 Å². The molecule has 3 unspecified atom stereocenters. The van der Waals surface area contributed by atoms with Crippen LogP contribution in [0, 0.1) is 0 Å². The Kier molecular flexibility index (Phi) is 10.0. The monoisotopic (exact) mass is 510 g/mol. The maximum atomic E-state index is 5.53. The summed E-state index contributed by atoms with van der Waals surface area (Å²) < 4.78 is 5.53. The Labute approximate surface area is 182 Å². The van der Waals surface area contributed by atoms with Gasteiger partial charge in [-0.3, -0.25) is 9.89 Å². The molecule has 1 aliphatic carbocycles. The van der Waals surface area contributed by atoms with Crippen LogP contribution in [0.25, 0.3) is 0 Å². The average molecular weight is 511 g/mol. The van der Waals surface area contributed by atoms with E-state index in [1.54, 1.807) is 0 Å². The molecule has 1 aliphatic heterocycles. The predicted octanol–water partition coefficient (Wildman–Crippen LogP) is 3.19. The van der Waals surface area contributed by atoms with Gasteiger partial charge in [-0.2, -0.15) is 11.8 Å². The second-order valence-corrected chi connectivity index (χ2v) is 8.76. The van der Waals surface area contributed by atoms with Crippen LogP contribution in [0.2, 0.25) is 0 Å². The number of aliphatic imine (C=N–C) groups is 1. The van der Waals surface area contributed by atoms with Gasteiger partial charge < -0.3 is 15.4 Å². The Balaban J connectivity index is 0.00000243.